The summed E-state index contributed by atoms with van der Waals surface area (Å²) in [6.07, 6.45) is 1.65. The van der Waals surface area contributed by atoms with Crippen molar-refractivity contribution in [2.45, 2.75) is 6.92 Å². The average Bonchev–Trinajstić information content (AvgIpc) is 2.48. The van der Waals surface area contributed by atoms with Crippen molar-refractivity contribution in [2.24, 2.45) is 0 Å². The zero-order chi connectivity index (χ0) is 13.1. The maximum atomic E-state index is 4.36. The molecule has 0 amide bonds. The van der Waals surface area contributed by atoms with Crippen molar-refractivity contribution in [3.05, 3.63) is 48.4 Å². The van der Waals surface area contributed by atoms with Crippen LogP contribution in [-0.4, -0.2) is 36.1 Å². The van der Waals surface area contributed by atoms with Crippen LogP contribution in [0.5, 0.6) is 0 Å². The monoisotopic (exact) mass is 254 g/mol. The highest BCUT2D eigenvalue weighted by Crippen LogP contribution is 2.18. The van der Waals surface area contributed by atoms with E-state index in [0.717, 1.165) is 37.7 Å². The van der Waals surface area contributed by atoms with E-state index < -0.39 is 0 Å². The van der Waals surface area contributed by atoms with Crippen LogP contribution in [0.1, 0.15) is 5.69 Å². The minimum Gasteiger partial charge on any atom is -0.368 e. The Hall–Kier alpha value is -2.10. The van der Waals surface area contributed by atoms with Gasteiger partial charge in [-0.15, -0.1) is 0 Å². The van der Waals surface area contributed by atoms with E-state index in [4.69, 9.17) is 0 Å². The summed E-state index contributed by atoms with van der Waals surface area (Å²) in [5.74, 6) is 1.04. The summed E-state index contributed by atoms with van der Waals surface area (Å²) >= 11 is 0. The fraction of sp³-hybridized carbons (Fsp3) is 0.333. The normalized spacial score (nSPS) is 15.6. The molecule has 3 rings (SSSR count). The van der Waals surface area contributed by atoms with Crippen molar-refractivity contribution in [1.29, 1.82) is 0 Å². The maximum absolute atomic E-state index is 4.36. The van der Waals surface area contributed by atoms with E-state index in [0.29, 0.717) is 0 Å². The predicted octanol–water partition coefficient (Wildman–Crippen LogP) is 2.11. The van der Waals surface area contributed by atoms with Crippen molar-refractivity contribution in [1.82, 2.24) is 9.97 Å². The average molecular weight is 254 g/mol. The van der Waals surface area contributed by atoms with E-state index in [-0.39, 0.29) is 0 Å². The Bertz CT molecular complexity index is 533. The molecule has 0 N–H and O–H groups in total. The summed E-state index contributed by atoms with van der Waals surface area (Å²) in [6.45, 7) is 6.09. The lowest BCUT2D eigenvalue weighted by molar-refractivity contribution is 0.646. The van der Waals surface area contributed by atoms with Crippen LogP contribution < -0.4 is 9.80 Å². The Morgan fingerprint density at radius 1 is 0.895 bits per heavy atom. The van der Waals surface area contributed by atoms with Crippen LogP contribution in [0.4, 0.5) is 11.5 Å². The standard InChI is InChI=1S/C15H18N4/c1-13-11-15(17-12-16-13)19-9-7-18(8-10-19)14-5-3-2-4-6-14/h2-6,11-12H,7-10H2,1H3. The van der Waals surface area contributed by atoms with Crippen LogP contribution in [0.15, 0.2) is 42.7 Å². The summed E-state index contributed by atoms with van der Waals surface area (Å²) in [6, 6.07) is 12.6. The van der Waals surface area contributed by atoms with Gasteiger partial charge in [-0.05, 0) is 19.1 Å². The predicted molar refractivity (Wildman–Crippen MR) is 77.6 cm³/mol. The van der Waals surface area contributed by atoms with Crippen LogP contribution in [-0.2, 0) is 0 Å². The van der Waals surface area contributed by atoms with E-state index in [1.54, 1.807) is 6.33 Å². The first-order valence-electron chi connectivity index (χ1n) is 6.66. The largest absolute Gasteiger partial charge is 0.368 e. The molecule has 1 aliphatic rings. The zero-order valence-corrected chi connectivity index (χ0v) is 11.2. The van der Waals surface area contributed by atoms with Gasteiger partial charge >= 0.3 is 0 Å². The van der Waals surface area contributed by atoms with Crippen LogP contribution in [0.2, 0.25) is 0 Å². The summed E-state index contributed by atoms with van der Waals surface area (Å²) in [5, 5.41) is 0. The smallest absolute Gasteiger partial charge is 0.132 e. The third kappa shape index (κ3) is 2.67. The molecule has 0 spiro atoms. The maximum Gasteiger partial charge on any atom is 0.132 e. The van der Waals surface area contributed by atoms with Crippen LogP contribution in [0, 0.1) is 6.92 Å². The van der Waals surface area contributed by atoms with E-state index >= 15 is 0 Å². The van der Waals surface area contributed by atoms with Crippen molar-refractivity contribution < 1.29 is 0 Å². The second kappa shape index (κ2) is 5.26. The Labute approximate surface area is 113 Å². The van der Waals surface area contributed by atoms with Gasteiger partial charge in [0.2, 0.25) is 0 Å². The molecule has 2 heterocycles. The Kier molecular flexibility index (Phi) is 3.31. The highest BCUT2D eigenvalue weighted by atomic mass is 15.3. The molecule has 2 aromatic rings. The van der Waals surface area contributed by atoms with E-state index in [1.807, 2.05) is 6.92 Å². The summed E-state index contributed by atoms with van der Waals surface area (Å²) < 4.78 is 0. The second-order valence-corrected chi connectivity index (χ2v) is 4.83. The van der Waals surface area contributed by atoms with Gasteiger partial charge in [0.1, 0.15) is 12.1 Å². The lowest BCUT2D eigenvalue weighted by Gasteiger charge is -2.36. The number of hydrogen-bond acceptors (Lipinski definition) is 4. The van der Waals surface area contributed by atoms with Gasteiger partial charge in [-0.3, -0.25) is 0 Å². The molecule has 1 aliphatic heterocycles. The van der Waals surface area contributed by atoms with E-state index in [2.05, 4.69) is 56.2 Å². The molecule has 0 atom stereocenters. The Balaban J connectivity index is 1.67. The second-order valence-electron chi connectivity index (χ2n) is 4.83. The van der Waals surface area contributed by atoms with Gasteiger partial charge in [-0.2, -0.15) is 0 Å². The van der Waals surface area contributed by atoms with Crippen molar-refractivity contribution in [3.63, 3.8) is 0 Å². The van der Waals surface area contributed by atoms with Gasteiger partial charge in [0.25, 0.3) is 0 Å². The lowest BCUT2D eigenvalue weighted by atomic mass is 10.2. The number of benzene rings is 1. The molecule has 19 heavy (non-hydrogen) atoms. The van der Waals surface area contributed by atoms with E-state index in [1.165, 1.54) is 5.69 Å². The number of nitrogens with zero attached hydrogens (tertiary/aromatic N) is 4. The molecule has 0 radical (unpaired) electrons. The molecule has 0 saturated carbocycles. The van der Waals surface area contributed by atoms with Gasteiger partial charge in [0.15, 0.2) is 0 Å². The Morgan fingerprint density at radius 3 is 2.26 bits per heavy atom. The molecular weight excluding hydrogens is 236 g/mol. The third-order valence-corrected chi connectivity index (χ3v) is 3.51. The molecule has 0 aliphatic carbocycles. The Morgan fingerprint density at radius 2 is 1.58 bits per heavy atom. The van der Waals surface area contributed by atoms with Gasteiger partial charge < -0.3 is 9.80 Å². The number of aromatic nitrogens is 2. The number of anilines is 2. The molecule has 98 valence electrons. The van der Waals surface area contributed by atoms with Gasteiger partial charge in [-0.1, -0.05) is 18.2 Å². The molecule has 1 aromatic heterocycles. The first-order chi connectivity index (χ1) is 9.33. The zero-order valence-electron chi connectivity index (χ0n) is 11.2. The van der Waals surface area contributed by atoms with Gasteiger partial charge in [-0.25, -0.2) is 9.97 Å². The highest BCUT2D eigenvalue weighted by molar-refractivity contribution is 5.49. The molecule has 1 fully saturated rings. The minimum atomic E-state index is 1.01. The van der Waals surface area contributed by atoms with Gasteiger partial charge in [0.05, 0.1) is 0 Å². The number of para-hydroxylation sites is 1. The summed E-state index contributed by atoms with van der Waals surface area (Å²) in [5.41, 5.74) is 2.33. The number of piperazine rings is 1. The van der Waals surface area contributed by atoms with Crippen molar-refractivity contribution in [3.8, 4) is 0 Å². The molecule has 4 nitrogen and oxygen atoms in total. The summed E-state index contributed by atoms with van der Waals surface area (Å²) in [4.78, 5) is 13.3. The fourth-order valence-electron chi connectivity index (χ4n) is 2.45. The molecule has 4 heteroatoms. The lowest BCUT2D eigenvalue weighted by Crippen LogP contribution is -2.46. The molecular formula is C15H18N4. The first kappa shape index (κ1) is 12.0. The van der Waals surface area contributed by atoms with Crippen LogP contribution >= 0.6 is 0 Å². The topological polar surface area (TPSA) is 32.3 Å². The van der Waals surface area contributed by atoms with Crippen LogP contribution in [0.25, 0.3) is 0 Å². The van der Waals surface area contributed by atoms with Gasteiger partial charge in [0, 0.05) is 43.6 Å². The third-order valence-electron chi connectivity index (χ3n) is 3.51. The van der Waals surface area contributed by atoms with Crippen molar-refractivity contribution in [2.75, 3.05) is 36.0 Å². The minimum absolute atomic E-state index is 1.01. The molecule has 1 aromatic carbocycles. The SMILES string of the molecule is Cc1cc(N2CCN(c3ccccc3)CC2)ncn1. The quantitative estimate of drug-likeness (QED) is 0.821. The number of aryl methyl sites for hydroxylation is 1. The highest BCUT2D eigenvalue weighted by Gasteiger charge is 2.18. The first-order valence-corrected chi connectivity index (χ1v) is 6.66. The number of rotatable bonds is 2. The van der Waals surface area contributed by atoms with Crippen molar-refractivity contribution >= 4 is 11.5 Å². The summed E-state index contributed by atoms with van der Waals surface area (Å²) in [7, 11) is 0. The van der Waals surface area contributed by atoms with Crippen LogP contribution in [0.3, 0.4) is 0 Å². The fourth-order valence-corrected chi connectivity index (χ4v) is 2.45. The molecule has 1 saturated heterocycles. The number of hydrogen-bond donors (Lipinski definition) is 0. The molecule has 0 bridgehead atoms. The molecule has 0 unspecified atom stereocenters. The van der Waals surface area contributed by atoms with E-state index in [9.17, 15) is 0 Å².